The van der Waals surface area contributed by atoms with Crippen molar-refractivity contribution in [2.75, 3.05) is 11.9 Å². The van der Waals surface area contributed by atoms with Crippen LogP contribution in [0.2, 0.25) is 0 Å². The molecule has 2 aromatic carbocycles. The maximum atomic E-state index is 12.9. The summed E-state index contributed by atoms with van der Waals surface area (Å²) in [5, 5.41) is 8.52. The first-order chi connectivity index (χ1) is 15.0. The smallest absolute Gasteiger partial charge is 0.255 e. The van der Waals surface area contributed by atoms with Gasteiger partial charge in [-0.2, -0.15) is 0 Å². The molecule has 0 aromatic heterocycles. The summed E-state index contributed by atoms with van der Waals surface area (Å²) in [5.41, 5.74) is 4.75. The van der Waals surface area contributed by atoms with E-state index in [0.29, 0.717) is 29.8 Å². The minimum absolute atomic E-state index is 0.209. The molecule has 0 spiro atoms. The van der Waals surface area contributed by atoms with E-state index in [1.54, 1.807) is 18.2 Å². The second-order valence-electron chi connectivity index (χ2n) is 8.14. The first-order valence-corrected chi connectivity index (χ1v) is 10.4. The van der Waals surface area contributed by atoms with E-state index >= 15 is 0 Å². The summed E-state index contributed by atoms with van der Waals surface area (Å²) in [5.74, 6) is -1.35. The van der Waals surface area contributed by atoms with Gasteiger partial charge in [0, 0.05) is 36.3 Å². The highest BCUT2D eigenvalue weighted by molar-refractivity contribution is 6.08. The van der Waals surface area contributed by atoms with Gasteiger partial charge in [-0.05, 0) is 60.3 Å². The van der Waals surface area contributed by atoms with E-state index in [-0.39, 0.29) is 24.1 Å². The molecule has 3 aliphatic heterocycles. The molecular formula is C23H22N4O4. The molecule has 0 bridgehead atoms. The van der Waals surface area contributed by atoms with Gasteiger partial charge in [-0.25, -0.2) is 0 Å². The van der Waals surface area contributed by atoms with Crippen molar-refractivity contribution in [2.45, 2.75) is 38.4 Å². The van der Waals surface area contributed by atoms with Gasteiger partial charge in [0.1, 0.15) is 6.04 Å². The number of anilines is 1. The number of rotatable bonds is 3. The molecule has 158 valence electrons. The van der Waals surface area contributed by atoms with Crippen LogP contribution >= 0.6 is 0 Å². The Morgan fingerprint density at radius 3 is 2.68 bits per heavy atom. The molecular weight excluding hydrogens is 396 g/mol. The highest BCUT2D eigenvalue weighted by Gasteiger charge is 2.39. The maximum absolute atomic E-state index is 12.9. The van der Waals surface area contributed by atoms with Crippen LogP contribution in [0.15, 0.2) is 36.4 Å². The van der Waals surface area contributed by atoms with Crippen molar-refractivity contribution in [3.05, 3.63) is 64.2 Å². The highest BCUT2D eigenvalue weighted by Crippen LogP contribution is 2.28. The van der Waals surface area contributed by atoms with Crippen LogP contribution in [0.5, 0.6) is 0 Å². The van der Waals surface area contributed by atoms with Crippen LogP contribution < -0.4 is 16.0 Å². The topological polar surface area (TPSA) is 108 Å². The summed E-state index contributed by atoms with van der Waals surface area (Å²) in [6.07, 6.45) is 1.49. The summed E-state index contributed by atoms with van der Waals surface area (Å²) >= 11 is 0. The van der Waals surface area contributed by atoms with Crippen molar-refractivity contribution in [1.82, 2.24) is 15.5 Å². The van der Waals surface area contributed by atoms with Crippen LogP contribution in [0.4, 0.5) is 5.69 Å². The van der Waals surface area contributed by atoms with Gasteiger partial charge in [-0.1, -0.05) is 12.1 Å². The Labute approximate surface area is 179 Å². The Balaban J connectivity index is 1.33. The molecule has 3 N–H and O–H groups in total. The molecule has 8 heteroatoms. The number of hydrogen-bond acceptors (Lipinski definition) is 5. The third-order valence-electron chi connectivity index (χ3n) is 6.14. The van der Waals surface area contributed by atoms with Crippen LogP contribution in [0.25, 0.3) is 0 Å². The van der Waals surface area contributed by atoms with Crippen molar-refractivity contribution in [2.24, 2.45) is 0 Å². The summed E-state index contributed by atoms with van der Waals surface area (Å²) < 4.78 is 0. The highest BCUT2D eigenvalue weighted by atomic mass is 16.2. The predicted molar refractivity (Wildman–Crippen MR) is 112 cm³/mol. The fourth-order valence-corrected chi connectivity index (χ4v) is 4.46. The molecule has 0 radical (unpaired) electrons. The van der Waals surface area contributed by atoms with Gasteiger partial charge in [0.05, 0.1) is 0 Å². The second kappa shape index (κ2) is 7.63. The monoisotopic (exact) mass is 418 g/mol. The molecule has 3 heterocycles. The molecule has 4 amide bonds. The predicted octanol–water partition coefficient (Wildman–Crippen LogP) is 1.35. The fraction of sp³-hybridized carbons (Fsp3) is 0.304. The lowest BCUT2D eigenvalue weighted by molar-refractivity contribution is -0.136. The summed E-state index contributed by atoms with van der Waals surface area (Å²) in [7, 11) is 0. The molecule has 31 heavy (non-hydrogen) atoms. The number of benzene rings is 2. The number of carbonyl (C=O) groups is 4. The minimum Gasteiger partial charge on any atom is -0.322 e. The van der Waals surface area contributed by atoms with Crippen molar-refractivity contribution in [1.29, 1.82) is 0 Å². The van der Waals surface area contributed by atoms with Crippen molar-refractivity contribution in [3.8, 4) is 0 Å². The van der Waals surface area contributed by atoms with Crippen LogP contribution in [-0.4, -0.2) is 41.1 Å². The number of nitrogens with one attached hydrogen (secondary N) is 3. The van der Waals surface area contributed by atoms with E-state index in [0.717, 1.165) is 25.1 Å². The molecule has 1 atom stereocenters. The number of amides is 4. The van der Waals surface area contributed by atoms with Crippen molar-refractivity contribution in [3.63, 3.8) is 0 Å². The summed E-state index contributed by atoms with van der Waals surface area (Å²) in [4.78, 5) is 50.8. The minimum atomic E-state index is -0.668. The van der Waals surface area contributed by atoms with E-state index < -0.39 is 11.9 Å². The van der Waals surface area contributed by atoms with E-state index in [2.05, 4.69) is 16.0 Å². The third kappa shape index (κ3) is 3.59. The molecule has 5 rings (SSSR count). The quantitative estimate of drug-likeness (QED) is 0.652. The van der Waals surface area contributed by atoms with Crippen molar-refractivity contribution < 1.29 is 19.2 Å². The first kappa shape index (κ1) is 19.4. The van der Waals surface area contributed by atoms with Crippen LogP contribution in [0, 0.1) is 0 Å². The Morgan fingerprint density at radius 2 is 1.84 bits per heavy atom. The number of nitrogens with zero attached hydrogens (tertiary/aromatic N) is 1. The number of carbonyl (C=O) groups excluding carboxylic acids is 4. The maximum Gasteiger partial charge on any atom is 0.255 e. The molecule has 1 saturated heterocycles. The number of piperidine rings is 1. The van der Waals surface area contributed by atoms with E-state index in [1.165, 1.54) is 16.0 Å². The zero-order valence-electron chi connectivity index (χ0n) is 16.9. The lowest BCUT2D eigenvalue weighted by Crippen LogP contribution is -2.52. The largest absolute Gasteiger partial charge is 0.322 e. The van der Waals surface area contributed by atoms with Crippen LogP contribution in [0.3, 0.4) is 0 Å². The Morgan fingerprint density at radius 1 is 1.00 bits per heavy atom. The first-order valence-electron chi connectivity index (χ1n) is 10.4. The lowest BCUT2D eigenvalue weighted by atomic mass is 10.0. The van der Waals surface area contributed by atoms with Gasteiger partial charge in [0.15, 0.2) is 0 Å². The Kier molecular flexibility index (Phi) is 4.78. The fourth-order valence-electron chi connectivity index (χ4n) is 4.46. The average Bonchev–Trinajstić information content (AvgIpc) is 3.09. The molecule has 3 aliphatic rings. The van der Waals surface area contributed by atoms with Gasteiger partial charge < -0.3 is 15.5 Å². The lowest BCUT2D eigenvalue weighted by Gasteiger charge is -2.29. The van der Waals surface area contributed by atoms with Gasteiger partial charge in [-0.3, -0.25) is 24.5 Å². The van der Waals surface area contributed by atoms with Crippen LogP contribution in [0.1, 0.15) is 50.2 Å². The molecule has 2 aromatic rings. The molecule has 1 fully saturated rings. The van der Waals surface area contributed by atoms with E-state index in [1.807, 2.05) is 18.2 Å². The van der Waals surface area contributed by atoms with Gasteiger partial charge in [0.25, 0.3) is 11.8 Å². The zero-order valence-corrected chi connectivity index (χ0v) is 16.9. The third-order valence-corrected chi connectivity index (χ3v) is 6.14. The number of imide groups is 1. The van der Waals surface area contributed by atoms with Gasteiger partial charge in [-0.15, -0.1) is 0 Å². The average molecular weight is 418 g/mol. The van der Waals surface area contributed by atoms with Gasteiger partial charge in [0.2, 0.25) is 11.8 Å². The van der Waals surface area contributed by atoms with Crippen molar-refractivity contribution >= 4 is 29.3 Å². The Hall–Kier alpha value is -3.52. The van der Waals surface area contributed by atoms with Gasteiger partial charge >= 0.3 is 0 Å². The summed E-state index contributed by atoms with van der Waals surface area (Å²) in [6, 6.07) is 10.3. The Bertz CT molecular complexity index is 1130. The van der Waals surface area contributed by atoms with E-state index in [9.17, 15) is 19.2 Å². The summed E-state index contributed by atoms with van der Waals surface area (Å²) in [6.45, 7) is 2.03. The molecule has 8 nitrogen and oxygen atoms in total. The normalized spacial score (nSPS) is 20.2. The zero-order chi connectivity index (χ0) is 21.5. The number of fused-ring (bicyclic) bond motifs is 2. The SMILES string of the molecule is O=C1CCC(N2Cc3ccc(C(=O)Nc4ccc5c(c4)CNCC5)cc3C2=O)C(=O)N1. The second-order valence-corrected chi connectivity index (χ2v) is 8.14. The molecule has 1 unspecified atom stereocenters. The number of hydrogen-bond donors (Lipinski definition) is 3. The molecule has 0 saturated carbocycles. The molecule has 0 aliphatic carbocycles. The standard InChI is InChI=1S/C23H22N4O4/c28-20-6-5-19(22(30)26-20)27-12-15-2-1-14(10-18(15)23(27)31)21(29)25-17-4-3-13-7-8-24-11-16(13)9-17/h1-4,9-10,19,24H,5-8,11-12H2,(H,25,29)(H,26,28,30). The van der Waals surface area contributed by atoms with Crippen LogP contribution in [-0.2, 0) is 29.1 Å². The van der Waals surface area contributed by atoms with E-state index in [4.69, 9.17) is 0 Å².